The van der Waals surface area contributed by atoms with E-state index in [1.807, 2.05) is 6.07 Å². The Balaban J connectivity index is 2.00. The molecule has 22 heavy (non-hydrogen) atoms. The van der Waals surface area contributed by atoms with Crippen molar-refractivity contribution in [3.63, 3.8) is 0 Å². The highest BCUT2D eigenvalue weighted by Gasteiger charge is 2.05. The first-order valence-corrected chi connectivity index (χ1v) is 6.67. The van der Waals surface area contributed by atoms with Gasteiger partial charge in [0.1, 0.15) is 5.75 Å². The van der Waals surface area contributed by atoms with E-state index in [-0.39, 0.29) is 12.4 Å². The van der Waals surface area contributed by atoms with E-state index in [0.717, 1.165) is 0 Å². The topological polar surface area (TPSA) is 59.9 Å². The van der Waals surface area contributed by atoms with Gasteiger partial charge in [0.25, 0.3) is 0 Å². The number of ether oxygens (including phenoxy) is 2. The highest BCUT2D eigenvalue weighted by molar-refractivity contribution is 5.81. The molecular formula is C16H15FN2O3. The van der Waals surface area contributed by atoms with Gasteiger partial charge in [0, 0.05) is 0 Å². The molecule has 1 N–H and O–H groups in total. The smallest absolute Gasteiger partial charge is 0.427 e. The third-order valence-electron chi connectivity index (χ3n) is 2.57. The molecule has 0 heterocycles. The average Bonchev–Trinajstić information content (AvgIpc) is 2.51. The van der Waals surface area contributed by atoms with E-state index in [2.05, 4.69) is 15.3 Å². The third kappa shape index (κ3) is 4.59. The second-order valence-electron chi connectivity index (χ2n) is 4.20. The number of hydrazone groups is 1. The summed E-state index contributed by atoms with van der Waals surface area (Å²) in [7, 11) is 0. The highest BCUT2D eigenvalue weighted by atomic mass is 19.1. The van der Waals surface area contributed by atoms with Crippen molar-refractivity contribution in [2.24, 2.45) is 5.10 Å². The predicted octanol–water partition coefficient (Wildman–Crippen LogP) is 3.70. The Morgan fingerprint density at radius 3 is 2.73 bits per heavy atom. The summed E-state index contributed by atoms with van der Waals surface area (Å²) in [6.45, 7) is 1.94. The van der Waals surface area contributed by atoms with Crippen molar-refractivity contribution in [3.8, 4) is 11.5 Å². The quantitative estimate of drug-likeness (QED) is 0.676. The molecule has 0 atom stereocenters. The molecule has 0 aliphatic rings. The number of rotatable bonds is 5. The molecule has 0 aliphatic heterocycles. The van der Waals surface area contributed by atoms with Gasteiger partial charge in [-0.05, 0) is 42.8 Å². The van der Waals surface area contributed by atoms with Crippen LogP contribution in [0.15, 0.2) is 53.6 Å². The van der Waals surface area contributed by atoms with Crippen LogP contribution in [0.4, 0.5) is 9.18 Å². The van der Waals surface area contributed by atoms with Crippen molar-refractivity contribution in [3.05, 3.63) is 59.9 Å². The molecule has 114 valence electrons. The first kappa shape index (κ1) is 15.5. The second-order valence-corrected chi connectivity index (χ2v) is 4.20. The number of para-hydroxylation sites is 1. The van der Waals surface area contributed by atoms with Crippen LogP contribution in [0, 0.1) is 5.82 Å². The van der Waals surface area contributed by atoms with Crippen LogP contribution in [0.2, 0.25) is 0 Å². The van der Waals surface area contributed by atoms with Crippen LogP contribution < -0.4 is 10.2 Å². The molecule has 2 aromatic rings. The van der Waals surface area contributed by atoms with E-state index in [1.165, 1.54) is 18.3 Å². The molecular weight excluding hydrogens is 287 g/mol. The molecule has 0 unspecified atom stereocenters. The van der Waals surface area contributed by atoms with Gasteiger partial charge in [0.2, 0.25) is 0 Å². The molecule has 0 aliphatic carbocycles. The Kier molecular flexibility index (Phi) is 5.48. The molecule has 0 saturated heterocycles. The van der Waals surface area contributed by atoms with E-state index in [4.69, 9.17) is 4.74 Å². The summed E-state index contributed by atoms with van der Waals surface area (Å²) in [4.78, 5) is 11.0. The van der Waals surface area contributed by atoms with Crippen molar-refractivity contribution < 1.29 is 18.7 Å². The predicted molar refractivity (Wildman–Crippen MR) is 80.7 cm³/mol. The van der Waals surface area contributed by atoms with Crippen LogP contribution >= 0.6 is 0 Å². The van der Waals surface area contributed by atoms with Crippen LogP contribution in [-0.4, -0.2) is 18.9 Å². The van der Waals surface area contributed by atoms with Gasteiger partial charge >= 0.3 is 6.09 Å². The third-order valence-corrected chi connectivity index (χ3v) is 2.57. The second kappa shape index (κ2) is 7.78. The SMILES string of the molecule is CCOC(=O)NN=Cc1ccc(Oc2ccccc2)c(F)c1. The molecule has 0 bridgehead atoms. The lowest BCUT2D eigenvalue weighted by atomic mass is 10.2. The fourth-order valence-electron chi connectivity index (χ4n) is 1.62. The number of amides is 1. The van der Waals surface area contributed by atoms with E-state index >= 15 is 0 Å². The number of hydrogen-bond donors (Lipinski definition) is 1. The van der Waals surface area contributed by atoms with Gasteiger partial charge in [-0.15, -0.1) is 0 Å². The summed E-state index contributed by atoms with van der Waals surface area (Å²) >= 11 is 0. The van der Waals surface area contributed by atoms with E-state index < -0.39 is 11.9 Å². The summed E-state index contributed by atoms with van der Waals surface area (Å²) in [6, 6.07) is 13.3. The van der Waals surface area contributed by atoms with Crippen molar-refractivity contribution in [2.75, 3.05) is 6.61 Å². The lowest BCUT2D eigenvalue weighted by molar-refractivity contribution is 0.152. The van der Waals surface area contributed by atoms with Crippen LogP contribution in [0.3, 0.4) is 0 Å². The number of halogens is 1. The van der Waals surface area contributed by atoms with E-state index in [1.54, 1.807) is 37.3 Å². The Morgan fingerprint density at radius 2 is 2.05 bits per heavy atom. The van der Waals surface area contributed by atoms with E-state index in [0.29, 0.717) is 11.3 Å². The molecule has 0 fully saturated rings. The van der Waals surface area contributed by atoms with Gasteiger partial charge < -0.3 is 9.47 Å². The molecule has 2 rings (SSSR count). The van der Waals surface area contributed by atoms with Crippen molar-refractivity contribution in [2.45, 2.75) is 6.92 Å². The van der Waals surface area contributed by atoms with Crippen molar-refractivity contribution in [1.82, 2.24) is 5.43 Å². The Morgan fingerprint density at radius 1 is 1.27 bits per heavy atom. The maximum absolute atomic E-state index is 13.9. The lowest BCUT2D eigenvalue weighted by Crippen LogP contribution is -2.18. The van der Waals surface area contributed by atoms with Gasteiger partial charge in [-0.2, -0.15) is 5.10 Å². The minimum absolute atomic E-state index is 0.113. The normalized spacial score (nSPS) is 10.5. The first-order valence-electron chi connectivity index (χ1n) is 6.67. The summed E-state index contributed by atoms with van der Waals surface area (Å²) in [6.07, 6.45) is 0.648. The minimum Gasteiger partial charge on any atom is -0.454 e. The summed E-state index contributed by atoms with van der Waals surface area (Å²) in [5, 5.41) is 3.66. The standard InChI is InChI=1S/C16H15FN2O3/c1-2-21-16(20)19-18-11-12-8-9-15(14(17)10-12)22-13-6-4-3-5-7-13/h3-11H,2H2,1H3,(H,19,20). The van der Waals surface area contributed by atoms with Gasteiger partial charge in [0.15, 0.2) is 11.6 Å². The van der Waals surface area contributed by atoms with Crippen LogP contribution in [0.1, 0.15) is 12.5 Å². The monoisotopic (exact) mass is 302 g/mol. The number of hydrogen-bond acceptors (Lipinski definition) is 4. The number of nitrogens with one attached hydrogen (secondary N) is 1. The van der Waals surface area contributed by atoms with Gasteiger partial charge in [0.05, 0.1) is 12.8 Å². The molecule has 5 nitrogen and oxygen atoms in total. The summed E-state index contributed by atoms with van der Waals surface area (Å²) < 4.78 is 24.0. The van der Waals surface area contributed by atoms with Crippen molar-refractivity contribution in [1.29, 1.82) is 0 Å². The van der Waals surface area contributed by atoms with Gasteiger partial charge in [-0.25, -0.2) is 14.6 Å². The number of carbonyl (C=O) groups is 1. The Hall–Kier alpha value is -2.89. The minimum atomic E-state index is -0.664. The molecule has 1 amide bonds. The fourth-order valence-corrected chi connectivity index (χ4v) is 1.62. The number of nitrogens with zero attached hydrogens (tertiary/aromatic N) is 1. The summed E-state index contributed by atoms with van der Waals surface area (Å²) in [5.74, 6) is 0.137. The highest BCUT2D eigenvalue weighted by Crippen LogP contribution is 2.24. The molecule has 2 aromatic carbocycles. The zero-order valence-corrected chi connectivity index (χ0v) is 12.0. The van der Waals surface area contributed by atoms with Crippen LogP contribution in [-0.2, 0) is 4.74 Å². The first-order chi connectivity index (χ1) is 10.7. The molecule has 0 radical (unpaired) electrons. The maximum atomic E-state index is 13.9. The molecule has 0 spiro atoms. The van der Waals surface area contributed by atoms with Gasteiger partial charge in [-0.3, -0.25) is 0 Å². The zero-order valence-electron chi connectivity index (χ0n) is 12.0. The largest absolute Gasteiger partial charge is 0.454 e. The number of benzene rings is 2. The Bertz CT molecular complexity index is 660. The molecule has 6 heteroatoms. The lowest BCUT2D eigenvalue weighted by Gasteiger charge is -2.06. The Labute approximate surface area is 127 Å². The fraction of sp³-hybridized carbons (Fsp3) is 0.125. The van der Waals surface area contributed by atoms with Crippen LogP contribution in [0.5, 0.6) is 11.5 Å². The average molecular weight is 302 g/mol. The van der Waals surface area contributed by atoms with Gasteiger partial charge in [-0.1, -0.05) is 18.2 Å². The maximum Gasteiger partial charge on any atom is 0.427 e. The molecule has 0 aromatic heterocycles. The van der Waals surface area contributed by atoms with Crippen LogP contribution in [0.25, 0.3) is 0 Å². The van der Waals surface area contributed by atoms with Crippen molar-refractivity contribution >= 4 is 12.3 Å². The molecule has 0 saturated carbocycles. The summed E-state index contributed by atoms with van der Waals surface area (Å²) in [5.41, 5.74) is 2.64. The number of carbonyl (C=O) groups excluding carboxylic acids is 1. The zero-order chi connectivity index (χ0) is 15.8. The van der Waals surface area contributed by atoms with E-state index in [9.17, 15) is 9.18 Å².